The molecule has 0 unspecified atom stereocenters. The van der Waals surface area contributed by atoms with Gasteiger partial charge in [-0.2, -0.15) is 5.10 Å². The molecule has 3 heteroatoms. The molecule has 2 nitrogen and oxygen atoms in total. The van der Waals surface area contributed by atoms with Crippen LogP contribution >= 0.6 is 11.6 Å². The molecular weight excluding hydrogens is 208 g/mol. The highest BCUT2D eigenvalue weighted by molar-refractivity contribution is 6.31. The van der Waals surface area contributed by atoms with Gasteiger partial charge in [-0.3, -0.25) is 4.68 Å². The van der Waals surface area contributed by atoms with Gasteiger partial charge in [0, 0.05) is 23.2 Å². The molecule has 2 rings (SSSR count). The minimum absolute atomic E-state index is 0.751. The van der Waals surface area contributed by atoms with Crippen molar-refractivity contribution >= 4 is 22.5 Å². The van der Waals surface area contributed by atoms with Crippen molar-refractivity contribution in [3.05, 3.63) is 29.4 Å². The first-order valence-electron chi connectivity index (χ1n) is 5.42. The van der Waals surface area contributed by atoms with E-state index in [1.165, 1.54) is 19.3 Å². The monoisotopic (exact) mass is 222 g/mol. The van der Waals surface area contributed by atoms with E-state index in [0.717, 1.165) is 22.5 Å². The number of aromatic nitrogens is 2. The van der Waals surface area contributed by atoms with Crippen molar-refractivity contribution in [1.29, 1.82) is 0 Å². The van der Waals surface area contributed by atoms with Crippen LogP contribution in [0.15, 0.2) is 24.4 Å². The molecule has 0 fully saturated rings. The van der Waals surface area contributed by atoms with E-state index in [2.05, 4.69) is 18.2 Å². The molecule has 80 valence electrons. The fourth-order valence-electron chi connectivity index (χ4n) is 1.68. The molecule has 15 heavy (non-hydrogen) atoms. The van der Waals surface area contributed by atoms with Crippen LogP contribution < -0.4 is 0 Å². The molecular formula is C12H15ClN2. The third-order valence-corrected chi connectivity index (χ3v) is 2.74. The number of benzene rings is 1. The molecule has 0 bridgehead atoms. The summed E-state index contributed by atoms with van der Waals surface area (Å²) in [5, 5.41) is 6.39. The third-order valence-electron chi connectivity index (χ3n) is 2.51. The Hall–Kier alpha value is -1.02. The van der Waals surface area contributed by atoms with Crippen LogP contribution in [-0.2, 0) is 6.54 Å². The number of unbranched alkanes of at least 4 members (excludes halogenated alkanes) is 2. The molecule has 0 aliphatic heterocycles. The maximum Gasteiger partial charge on any atom is 0.0938 e. The first-order chi connectivity index (χ1) is 7.29. The Labute approximate surface area is 94.8 Å². The van der Waals surface area contributed by atoms with Gasteiger partial charge in [0.2, 0.25) is 0 Å². The fourth-order valence-corrected chi connectivity index (χ4v) is 1.85. The predicted octanol–water partition coefficient (Wildman–Crippen LogP) is 3.88. The van der Waals surface area contributed by atoms with E-state index in [0.29, 0.717) is 0 Å². The van der Waals surface area contributed by atoms with Gasteiger partial charge in [-0.25, -0.2) is 0 Å². The summed E-state index contributed by atoms with van der Waals surface area (Å²) >= 11 is 5.91. The lowest BCUT2D eigenvalue weighted by Crippen LogP contribution is -1.97. The summed E-state index contributed by atoms with van der Waals surface area (Å²) in [5.74, 6) is 0. The van der Waals surface area contributed by atoms with Gasteiger partial charge in [0.25, 0.3) is 0 Å². The van der Waals surface area contributed by atoms with Crippen molar-refractivity contribution in [3.63, 3.8) is 0 Å². The number of hydrogen-bond acceptors (Lipinski definition) is 1. The van der Waals surface area contributed by atoms with Crippen molar-refractivity contribution in [2.24, 2.45) is 0 Å². The van der Waals surface area contributed by atoms with E-state index in [9.17, 15) is 0 Å². The zero-order chi connectivity index (χ0) is 10.7. The van der Waals surface area contributed by atoms with Gasteiger partial charge in [-0.05, 0) is 24.6 Å². The molecule has 1 heterocycles. The second-order valence-electron chi connectivity index (χ2n) is 3.80. The van der Waals surface area contributed by atoms with Crippen LogP contribution in [0.3, 0.4) is 0 Å². The van der Waals surface area contributed by atoms with E-state index < -0.39 is 0 Å². The lowest BCUT2D eigenvalue weighted by Gasteiger charge is -1.98. The van der Waals surface area contributed by atoms with Crippen molar-refractivity contribution in [2.45, 2.75) is 32.7 Å². The molecule has 0 radical (unpaired) electrons. The number of nitrogens with zero attached hydrogens (tertiary/aromatic N) is 2. The lowest BCUT2D eigenvalue weighted by molar-refractivity contribution is 0.557. The molecule has 0 amide bonds. The number of fused-ring (bicyclic) bond motifs is 1. The summed E-state index contributed by atoms with van der Waals surface area (Å²) in [5.41, 5.74) is 0.985. The van der Waals surface area contributed by atoms with Gasteiger partial charge >= 0.3 is 0 Å². The van der Waals surface area contributed by atoms with Crippen LogP contribution in [0.5, 0.6) is 0 Å². The Kier molecular flexibility index (Phi) is 3.27. The first kappa shape index (κ1) is 10.5. The molecule has 0 atom stereocenters. The smallest absolute Gasteiger partial charge is 0.0938 e. The summed E-state index contributed by atoms with van der Waals surface area (Å²) in [7, 11) is 0. The Morgan fingerprint density at radius 3 is 3.00 bits per heavy atom. The maximum absolute atomic E-state index is 5.91. The topological polar surface area (TPSA) is 17.8 Å². The van der Waals surface area contributed by atoms with Crippen LogP contribution in [0, 0.1) is 0 Å². The summed E-state index contributed by atoms with van der Waals surface area (Å²) in [4.78, 5) is 0. The maximum atomic E-state index is 5.91. The van der Waals surface area contributed by atoms with Gasteiger partial charge in [-0.15, -0.1) is 0 Å². The SMILES string of the molecule is CCCCCn1cc2ccc(Cl)cc2n1. The fraction of sp³-hybridized carbons (Fsp3) is 0.417. The van der Waals surface area contributed by atoms with Gasteiger partial charge in [-0.1, -0.05) is 31.4 Å². The van der Waals surface area contributed by atoms with E-state index >= 15 is 0 Å². The van der Waals surface area contributed by atoms with Crippen LogP contribution in [0.1, 0.15) is 26.2 Å². The van der Waals surface area contributed by atoms with Gasteiger partial charge in [0.05, 0.1) is 5.52 Å². The molecule has 1 aromatic carbocycles. The molecule has 1 aromatic heterocycles. The highest BCUT2D eigenvalue weighted by Crippen LogP contribution is 2.17. The van der Waals surface area contributed by atoms with E-state index in [1.807, 2.05) is 22.9 Å². The van der Waals surface area contributed by atoms with Crippen LogP contribution in [0.25, 0.3) is 10.9 Å². The zero-order valence-corrected chi connectivity index (χ0v) is 9.67. The Bertz CT molecular complexity index is 448. The molecule has 0 saturated heterocycles. The average molecular weight is 223 g/mol. The van der Waals surface area contributed by atoms with Crippen molar-refractivity contribution in [3.8, 4) is 0 Å². The Morgan fingerprint density at radius 1 is 1.33 bits per heavy atom. The van der Waals surface area contributed by atoms with E-state index in [4.69, 9.17) is 11.6 Å². The highest BCUT2D eigenvalue weighted by atomic mass is 35.5. The second-order valence-corrected chi connectivity index (χ2v) is 4.24. The second kappa shape index (κ2) is 4.67. The normalized spacial score (nSPS) is 11.1. The van der Waals surface area contributed by atoms with Crippen molar-refractivity contribution in [2.75, 3.05) is 0 Å². The van der Waals surface area contributed by atoms with E-state index in [-0.39, 0.29) is 0 Å². The number of rotatable bonds is 4. The first-order valence-corrected chi connectivity index (χ1v) is 5.80. The third kappa shape index (κ3) is 2.51. The van der Waals surface area contributed by atoms with Gasteiger partial charge in [0.15, 0.2) is 0 Å². The molecule has 0 aliphatic carbocycles. The van der Waals surface area contributed by atoms with Crippen LogP contribution in [0.2, 0.25) is 5.02 Å². The molecule has 0 saturated carbocycles. The molecule has 2 aromatic rings. The summed E-state index contributed by atoms with van der Waals surface area (Å²) in [6.45, 7) is 3.21. The standard InChI is InChI=1S/C12H15ClN2/c1-2-3-4-7-15-9-10-5-6-11(13)8-12(10)14-15/h5-6,8-9H,2-4,7H2,1H3. The molecule has 0 N–H and O–H groups in total. The average Bonchev–Trinajstić information content (AvgIpc) is 2.60. The summed E-state index contributed by atoms with van der Waals surface area (Å²) in [6.07, 6.45) is 5.78. The van der Waals surface area contributed by atoms with Gasteiger partial charge < -0.3 is 0 Å². The minimum atomic E-state index is 0.751. The number of aryl methyl sites for hydroxylation is 1. The highest BCUT2D eigenvalue weighted by Gasteiger charge is 2.00. The number of halogens is 1. The Balaban J connectivity index is 2.16. The number of hydrogen-bond donors (Lipinski definition) is 0. The quantitative estimate of drug-likeness (QED) is 0.718. The molecule has 0 spiro atoms. The minimum Gasteiger partial charge on any atom is -0.272 e. The lowest BCUT2D eigenvalue weighted by atomic mass is 10.2. The predicted molar refractivity (Wildman–Crippen MR) is 64.3 cm³/mol. The molecule has 0 aliphatic rings. The summed E-state index contributed by atoms with van der Waals surface area (Å²) < 4.78 is 2.01. The Morgan fingerprint density at radius 2 is 2.20 bits per heavy atom. The summed E-state index contributed by atoms with van der Waals surface area (Å²) in [6, 6.07) is 5.83. The van der Waals surface area contributed by atoms with Gasteiger partial charge in [0.1, 0.15) is 0 Å². The van der Waals surface area contributed by atoms with Crippen LogP contribution in [0.4, 0.5) is 0 Å². The van der Waals surface area contributed by atoms with Crippen molar-refractivity contribution in [1.82, 2.24) is 9.78 Å². The van der Waals surface area contributed by atoms with E-state index in [1.54, 1.807) is 0 Å². The van der Waals surface area contributed by atoms with Crippen molar-refractivity contribution < 1.29 is 0 Å². The van der Waals surface area contributed by atoms with Crippen LogP contribution in [-0.4, -0.2) is 9.78 Å². The largest absolute Gasteiger partial charge is 0.272 e. The zero-order valence-electron chi connectivity index (χ0n) is 8.91.